The lowest BCUT2D eigenvalue weighted by Gasteiger charge is -2.36. The molecule has 0 radical (unpaired) electrons. The van der Waals surface area contributed by atoms with Crippen LogP contribution in [0, 0.1) is 11.8 Å². The Hall–Kier alpha value is -2.14. The van der Waals surface area contributed by atoms with E-state index in [-0.39, 0.29) is 43.0 Å². The number of aliphatic hydroxyl groups excluding tert-OH is 1. The molecule has 1 aromatic rings. The van der Waals surface area contributed by atoms with Gasteiger partial charge in [-0.15, -0.1) is 0 Å². The Morgan fingerprint density at radius 1 is 1.00 bits per heavy atom. The summed E-state index contributed by atoms with van der Waals surface area (Å²) in [5.74, 6) is 1.59. The number of nitrogens with zero attached hydrogens (tertiary/aromatic N) is 2. The number of sulfonamides is 1. The molecule has 0 aromatic heterocycles. The summed E-state index contributed by atoms with van der Waals surface area (Å²) in [4.78, 5) is 15.6. The molecule has 224 valence electrons. The minimum atomic E-state index is -3.84. The number of ether oxygens (including phenoxy) is 3. The smallest absolute Gasteiger partial charge is 0.288 e. The summed E-state index contributed by atoms with van der Waals surface area (Å²) in [6.45, 7) is 1.28. The fourth-order valence-electron chi connectivity index (χ4n) is 6.08. The highest BCUT2D eigenvalue weighted by molar-refractivity contribution is 7.89. The van der Waals surface area contributed by atoms with Crippen LogP contribution in [0.2, 0.25) is 0 Å². The number of carbonyl (C=O) groups is 1. The number of amides is 1. The maximum atomic E-state index is 13.5. The van der Waals surface area contributed by atoms with Crippen molar-refractivity contribution in [1.82, 2.24) is 9.21 Å². The zero-order valence-corrected chi connectivity index (χ0v) is 24.7. The second kappa shape index (κ2) is 15.2. The van der Waals surface area contributed by atoms with E-state index >= 15 is 0 Å². The third-order valence-electron chi connectivity index (χ3n) is 8.39. The van der Waals surface area contributed by atoms with Gasteiger partial charge in [0.15, 0.2) is 5.76 Å². The molecule has 2 heterocycles. The fourth-order valence-corrected chi connectivity index (χ4v) is 7.50. The fraction of sp³-hybridized carbons (Fsp3) is 0.700. The molecule has 2 atom stereocenters. The van der Waals surface area contributed by atoms with Crippen molar-refractivity contribution < 1.29 is 32.5 Å². The summed E-state index contributed by atoms with van der Waals surface area (Å²) >= 11 is 0. The molecule has 1 aliphatic carbocycles. The van der Waals surface area contributed by atoms with E-state index in [1.165, 1.54) is 49.2 Å². The second-order valence-electron chi connectivity index (χ2n) is 11.1. The van der Waals surface area contributed by atoms with Crippen LogP contribution in [0.3, 0.4) is 0 Å². The highest BCUT2D eigenvalue weighted by atomic mass is 32.2. The number of methoxy groups -OCH3 is 1. The van der Waals surface area contributed by atoms with Crippen LogP contribution in [-0.2, 0) is 24.3 Å². The third kappa shape index (κ3) is 8.21. The van der Waals surface area contributed by atoms with Crippen LogP contribution in [0.25, 0.3) is 0 Å². The van der Waals surface area contributed by atoms with Crippen LogP contribution in [0.4, 0.5) is 0 Å². The van der Waals surface area contributed by atoms with Gasteiger partial charge in [-0.05, 0) is 67.9 Å². The Morgan fingerprint density at radius 2 is 1.65 bits per heavy atom. The van der Waals surface area contributed by atoms with E-state index in [0.29, 0.717) is 23.8 Å². The molecular formula is C30H46N2O7S. The van der Waals surface area contributed by atoms with Gasteiger partial charge in [-0.25, -0.2) is 8.42 Å². The van der Waals surface area contributed by atoms with E-state index in [0.717, 1.165) is 51.6 Å². The molecule has 2 aliphatic heterocycles. The van der Waals surface area contributed by atoms with Crippen molar-refractivity contribution >= 4 is 15.9 Å². The van der Waals surface area contributed by atoms with Gasteiger partial charge in [0, 0.05) is 32.6 Å². The van der Waals surface area contributed by atoms with E-state index in [9.17, 15) is 18.3 Å². The Balaban J connectivity index is 1.42. The van der Waals surface area contributed by atoms with Gasteiger partial charge in [0.25, 0.3) is 5.91 Å². The lowest BCUT2D eigenvalue weighted by atomic mass is 9.77. The summed E-state index contributed by atoms with van der Waals surface area (Å²) in [6, 6.07) is 6.18. The standard InChI is InChI=1S/C30H46N2O7S/c1-37-26-12-14-27(15-13-26)40(35,36)32(18-20-33)19-21-38-29-23-25(24-10-6-5-7-11-24)22-28(39-29)30(34)31-16-8-3-2-4-9-17-31/h12-15,22,24-25,29,33H,2-11,16-21,23H2,1H3/t25-,29+/m1/s1. The van der Waals surface area contributed by atoms with Crippen molar-refractivity contribution in [3.05, 3.63) is 36.1 Å². The molecule has 10 heteroatoms. The molecule has 2 fully saturated rings. The van der Waals surface area contributed by atoms with Gasteiger partial charge >= 0.3 is 0 Å². The highest BCUT2D eigenvalue weighted by Crippen LogP contribution is 2.37. The van der Waals surface area contributed by atoms with E-state index < -0.39 is 16.3 Å². The molecule has 1 aromatic carbocycles. The van der Waals surface area contributed by atoms with E-state index in [1.807, 2.05) is 11.0 Å². The molecule has 1 saturated heterocycles. The van der Waals surface area contributed by atoms with Crippen LogP contribution in [0.15, 0.2) is 41.0 Å². The van der Waals surface area contributed by atoms with Gasteiger partial charge in [0.1, 0.15) is 5.75 Å². The van der Waals surface area contributed by atoms with E-state index in [2.05, 4.69) is 0 Å². The van der Waals surface area contributed by atoms with Crippen molar-refractivity contribution in [1.29, 1.82) is 0 Å². The normalized spacial score (nSPS) is 23.2. The Kier molecular flexibility index (Phi) is 11.7. The van der Waals surface area contributed by atoms with Crippen molar-refractivity contribution in [2.75, 3.05) is 46.5 Å². The first kappa shape index (κ1) is 30.8. The minimum absolute atomic E-state index is 0.0491. The van der Waals surface area contributed by atoms with E-state index in [1.54, 1.807) is 12.1 Å². The average Bonchev–Trinajstić information content (AvgIpc) is 2.96. The maximum absolute atomic E-state index is 13.5. The first-order valence-corrected chi connectivity index (χ1v) is 16.4. The highest BCUT2D eigenvalue weighted by Gasteiger charge is 2.35. The average molecular weight is 579 g/mol. The number of benzene rings is 1. The van der Waals surface area contributed by atoms with Crippen molar-refractivity contribution in [2.45, 2.75) is 81.8 Å². The molecule has 0 spiro atoms. The molecular weight excluding hydrogens is 532 g/mol. The summed E-state index contributed by atoms with van der Waals surface area (Å²) < 4.78 is 45.1. The molecule has 40 heavy (non-hydrogen) atoms. The van der Waals surface area contributed by atoms with Gasteiger partial charge in [0.2, 0.25) is 16.3 Å². The lowest BCUT2D eigenvalue weighted by Crippen LogP contribution is -2.40. The molecule has 4 rings (SSSR count). The first-order chi connectivity index (χ1) is 19.4. The monoisotopic (exact) mass is 578 g/mol. The van der Waals surface area contributed by atoms with Crippen molar-refractivity contribution in [3.63, 3.8) is 0 Å². The van der Waals surface area contributed by atoms with Crippen molar-refractivity contribution in [3.8, 4) is 5.75 Å². The number of hydrogen-bond acceptors (Lipinski definition) is 7. The van der Waals surface area contributed by atoms with Gasteiger partial charge in [-0.1, -0.05) is 38.5 Å². The van der Waals surface area contributed by atoms with Crippen LogP contribution in [0.5, 0.6) is 5.75 Å². The summed E-state index contributed by atoms with van der Waals surface area (Å²) in [6.07, 6.45) is 13.5. The minimum Gasteiger partial charge on any atom is -0.497 e. The first-order valence-electron chi connectivity index (χ1n) is 15.0. The number of allylic oxidation sites excluding steroid dienone is 1. The Labute approximate surface area is 239 Å². The number of hydrogen-bond donors (Lipinski definition) is 1. The van der Waals surface area contributed by atoms with Gasteiger partial charge in [-0.2, -0.15) is 4.31 Å². The Morgan fingerprint density at radius 3 is 2.30 bits per heavy atom. The molecule has 1 saturated carbocycles. The second-order valence-corrected chi connectivity index (χ2v) is 13.0. The zero-order valence-electron chi connectivity index (χ0n) is 23.8. The van der Waals surface area contributed by atoms with Crippen LogP contribution < -0.4 is 4.74 Å². The molecule has 1 amide bonds. The zero-order chi connectivity index (χ0) is 28.4. The molecule has 0 unspecified atom stereocenters. The molecule has 0 bridgehead atoms. The molecule has 9 nitrogen and oxygen atoms in total. The molecule has 1 N–H and O–H groups in total. The lowest BCUT2D eigenvalue weighted by molar-refractivity contribution is -0.157. The van der Waals surface area contributed by atoms with Gasteiger partial charge in [0.05, 0.1) is 25.2 Å². The van der Waals surface area contributed by atoms with Gasteiger partial charge < -0.3 is 24.2 Å². The van der Waals surface area contributed by atoms with Crippen molar-refractivity contribution in [2.24, 2.45) is 11.8 Å². The maximum Gasteiger partial charge on any atom is 0.288 e. The Bertz CT molecular complexity index is 1060. The number of aliphatic hydroxyl groups is 1. The van der Waals surface area contributed by atoms with Crippen LogP contribution in [0.1, 0.15) is 70.6 Å². The predicted octanol–water partition coefficient (Wildman–Crippen LogP) is 4.31. The predicted molar refractivity (Wildman–Crippen MR) is 152 cm³/mol. The number of carbonyl (C=O) groups excluding carboxylic acids is 1. The molecule has 3 aliphatic rings. The van der Waals surface area contributed by atoms with E-state index in [4.69, 9.17) is 14.2 Å². The number of likely N-dealkylation sites (tertiary alicyclic amines) is 1. The topological polar surface area (TPSA) is 106 Å². The third-order valence-corrected chi connectivity index (χ3v) is 10.3. The van der Waals surface area contributed by atoms with Crippen LogP contribution >= 0.6 is 0 Å². The van der Waals surface area contributed by atoms with Gasteiger partial charge in [-0.3, -0.25) is 4.79 Å². The summed E-state index contributed by atoms with van der Waals surface area (Å²) in [5.41, 5.74) is 0. The number of rotatable bonds is 11. The largest absolute Gasteiger partial charge is 0.497 e. The summed E-state index contributed by atoms with van der Waals surface area (Å²) in [7, 11) is -2.32. The van der Waals surface area contributed by atoms with Crippen LogP contribution in [-0.4, -0.2) is 81.4 Å². The quantitative estimate of drug-likeness (QED) is 0.417. The summed E-state index contributed by atoms with van der Waals surface area (Å²) in [5, 5.41) is 9.57. The SMILES string of the molecule is COc1ccc(S(=O)(=O)N(CCO)CCO[C@@H]2C[C@H](C3CCCCC3)C=C(C(=O)N3CCCCCCC3)O2)cc1.